The van der Waals surface area contributed by atoms with Crippen LogP contribution in [0.5, 0.6) is 11.5 Å². The van der Waals surface area contributed by atoms with Gasteiger partial charge >= 0.3 is 222 Å². The number of phenolic OH excluding ortho intramolecular Hbond substituents is 1. The zero-order valence-electron chi connectivity index (χ0n) is 19.7. The van der Waals surface area contributed by atoms with E-state index >= 15 is 0 Å². The number of hydrogen-bond acceptors (Lipinski definition) is 3. The number of ether oxygens (including phenoxy) is 1. The van der Waals surface area contributed by atoms with Crippen molar-refractivity contribution in [3.63, 3.8) is 0 Å². The third kappa shape index (κ3) is 5.29. The number of aromatic hydroxyl groups is 1. The van der Waals surface area contributed by atoms with Gasteiger partial charge in [0.05, 0.1) is 0 Å². The molecule has 0 aromatic heterocycles. The first-order chi connectivity index (χ1) is 17.6. The van der Waals surface area contributed by atoms with Crippen LogP contribution in [0.2, 0.25) is 0 Å². The Labute approximate surface area is 221 Å². The minimum atomic E-state index is -5.07. The fourth-order valence-corrected chi connectivity index (χ4v) is 12.2. The number of ketones is 1. The molecule has 0 spiro atoms. The van der Waals surface area contributed by atoms with Gasteiger partial charge in [0.1, 0.15) is 0 Å². The van der Waals surface area contributed by atoms with Gasteiger partial charge in [0.2, 0.25) is 0 Å². The Morgan fingerprint density at radius 2 is 1.24 bits per heavy atom. The summed E-state index contributed by atoms with van der Waals surface area (Å²) in [6, 6.07) is 34.1. The van der Waals surface area contributed by atoms with Gasteiger partial charge in [-0.2, -0.15) is 0 Å². The third-order valence-corrected chi connectivity index (χ3v) is 16.4. The number of rotatable bonds is 9. The summed E-state index contributed by atoms with van der Waals surface area (Å²) in [6.07, 6.45) is -3.75. The molecule has 0 aliphatic carbocycles. The first kappa shape index (κ1) is 26.9. The predicted molar refractivity (Wildman–Crippen MR) is 148 cm³/mol. The van der Waals surface area contributed by atoms with E-state index in [1.165, 1.54) is 22.0 Å². The van der Waals surface area contributed by atoms with Crippen molar-refractivity contribution in [1.82, 2.24) is 0 Å². The van der Waals surface area contributed by atoms with E-state index in [1.807, 2.05) is 54.6 Å². The SMILES string of the molecule is O=C(c1ccc(OCCCP(Br)(c2ccccc2)(c2ccccc2)c2ccccc2)cc1O)C(F)(F)F. The summed E-state index contributed by atoms with van der Waals surface area (Å²) in [6.45, 7) is 0.252. The van der Waals surface area contributed by atoms with Crippen molar-refractivity contribution < 1.29 is 27.8 Å². The van der Waals surface area contributed by atoms with Gasteiger partial charge < -0.3 is 0 Å². The standard InChI is InChI=1S/C29H25BrF3O3P/c30-37(23-11-4-1-5-12-23,24-13-6-2-7-14-24,25-15-8-3-9-16-25)20-10-19-36-22-17-18-26(27(34)21-22)28(35)29(31,32)33/h1-9,11-18,21,34H,10,19-20H2. The molecule has 3 nitrogen and oxygen atoms in total. The summed E-state index contributed by atoms with van der Waals surface area (Å²) >= 11 is 4.35. The number of benzene rings is 4. The van der Waals surface area contributed by atoms with Gasteiger partial charge in [0, 0.05) is 0 Å². The fourth-order valence-electron chi connectivity index (χ4n) is 4.55. The maximum absolute atomic E-state index is 12.7. The van der Waals surface area contributed by atoms with Crippen LogP contribution in [0.4, 0.5) is 13.2 Å². The van der Waals surface area contributed by atoms with Gasteiger partial charge in [0.25, 0.3) is 0 Å². The van der Waals surface area contributed by atoms with Crippen LogP contribution in [-0.4, -0.2) is 29.8 Å². The van der Waals surface area contributed by atoms with Crippen molar-refractivity contribution in [3.8, 4) is 11.5 Å². The van der Waals surface area contributed by atoms with Crippen molar-refractivity contribution in [2.45, 2.75) is 12.6 Å². The average molecular weight is 589 g/mol. The summed E-state index contributed by atoms with van der Waals surface area (Å²) in [5, 5.41) is 10.4. The number of phenols is 1. The molecule has 0 unspecified atom stereocenters. The van der Waals surface area contributed by atoms with Crippen LogP contribution in [0.1, 0.15) is 16.8 Å². The molecule has 192 valence electrons. The van der Waals surface area contributed by atoms with Crippen LogP contribution in [0.3, 0.4) is 0 Å². The van der Waals surface area contributed by atoms with Crippen molar-refractivity contribution in [3.05, 3.63) is 115 Å². The Balaban J connectivity index is 1.63. The Hall–Kier alpha value is -3.15. The summed E-state index contributed by atoms with van der Waals surface area (Å²) in [5.74, 6) is -2.68. The zero-order chi connectivity index (χ0) is 26.5. The Morgan fingerprint density at radius 1 is 0.784 bits per heavy atom. The molecular weight excluding hydrogens is 564 g/mol. The number of alkyl halides is 3. The molecular formula is C29H25BrF3O3P. The molecule has 0 aliphatic rings. The van der Waals surface area contributed by atoms with Crippen LogP contribution in [-0.2, 0) is 0 Å². The van der Waals surface area contributed by atoms with E-state index in [1.54, 1.807) is 0 Å². The van der Waals surface area contributed by atoms with Gasteiger partial charge in [-0.25, -0.2) is 0 Å². The molecule has 0 heterocycles. The second kappa shape index (κ2) is 10.7. The topological polar surface area (TPSA) is 46.5 Å². The molecule has 37 heavy (non-hydrogen) atoms. The first-order valence-electron chi connectivity index (χ1n) is 11.6. The minimum absolute atomic E-state index is 0.185. The van der Waals surface area contributed by atoms with Crippen molar-refractivity contribution >= 4 is 42.5 Å². The zero-order valence-corrected chi connectivity index (χ0v) is 22.2. The summed E-state index contributed by atoms with van der Waals surface area (Å²) < 4.78 is 44.0. The molecule has 0 saturated heterocycles. The molecule has 4 aromatic rings. The van der Waals surface area contributed by atoms with Gasteiger partial charge in [-0.15, -0.1) is 0 Å². The van der Waals surface area contributed by atoms with Gasteiger partial charge in [-0.05, 0) is 0 Å². The molecule has 0 saturated carbocycles. The molecule has 4 aromatic carbocycles. The molecule has 0 aliphatic heterocycles. The van der Waals surface area contributed by atoms with E-state index in [-0.39, 0.29) is 12.4 Å². The van der Waals surface area contributed by atoms with Gasteiger partial charge in [-0.1, -0.05) is 0 Å². The van der Waals surface area contributed by atoms with Gasteiger partial charge in [-0.3, -0.25) is 0 Å². The van der Waals surface area contributed by atoms with Crippen molar-refractivity contribution in [2.24, 2.45) is 0 Å². The molecule has 1 N–H and O–H groups in total. The molecule has 0 amide bonds. The van der Waals surface area contributed by atoms with Crippen LogP contribution < -0.4 is 20.7 Å². The van der Waals surface area contributed by atoms with E-state index in [4.69, 9.17) is 4.74 Å². The molecule has 4 rings (SSSR count). The Bertz CT molecular complexity index is 1260. The van der Waals surface area contributed by atoms with E-state index < -0.39 is 28.6 Å². The molecule has 8 heteroatoms. The quantitative estimate of drug-likeness (QED) is 0.134. The van der Waals surface area contributed by atoms with E-state index in [0.717, 1.165) is 12.1 Å². The van der Waals surface area contributed by atoms with Crippen LogP contribution in [0.15, 0.2) is 109 Å². The van der Waals surface area contributed by atoms with Crippen LogP contribution >= 0.6 is 20.8 Å². The van der Waals surface area contributed by atoms with Crippen molar-refractivity contribution in [1.29, 1.82) is 0 Å². The van der Waals surface area contributed by atoms with Gasteiger partial charge in [0.15, 0.2) is 0 Å². The fraction of sp³-hybridized carbons (Fsp3) is 0.138. The molecule has 0 radical (unpaired) electrons. The number of halogens is 4. The normalized spacial score (nSPS) is 12.9. The number of carbonyl (C=O) groups is 1. The van der Waals surface area contributed by atoms with E-state index in [2.05, 4.69) is 51.9 Å². The number of Topliss-reactive ketones (excluding diaryl/α,β-unsaturated/α-hetero) is 1. The molecule has 0 bridgehead atoms. The molecule has 0 fully saturated rings. The van der Waals surface area contributed by atoms with E-state index in [9.17, 15) is 23.1 Å². The second-order valence-electron chi connectivity index (χ2n) is 8.62. The second-order valence-corrected chi connectivity index (χ2v) is 17.7. The maximum atomic E-state index is 12.7. The average Bonchev–Trinajstić information content (AvgIpc) is 2.92. The third-order valence-electron chi connectivity index (χ3n) is 6.35. The predicted octanol–water partition coefficient (Wildman–Crippen LogP) is 6.75. The monoisotopic (exact) mass is 588 g/mol. The van der Waals surface area contributed by atoms with Crippen LogP contribution in [0, 0.1) is 0 Å². The van der Waals surface area contributed by atoms with Crippen LogP contribution in [0.25, 0.3) is 0 Å². The Morgan fingerprint density at radius 3 is 1.65 bits per heavy atom. The Kier molecular flexibility index (Phi) is 7.77. The summed E-state index contributed by atoms with van der Waals surface area (Å²) in [7, 11) is 0. The summed E-state index contributed by atoms with van der Waals surface area (Å²) in [5.41, 5.74) is -0.803. The first-order valence-corrected chi connectivity index (χ1v) is 16.1. The number of hydrogen-bond donors (Lipinski definition) is 1. The van der Waals surface area contributed by atoms with Crippen molar-refractivity contribution in [2.75, 3.05) is 12.8 Å². The number of carbonyl (C=O) groups excluding carboxylic acids is 1. The summed E-state index contributed by atoms with van der Waals surface area (Å²) in [4.78, 5) is 11.5. The van der Waals surface area contributed by atoms with E-state index in [0.29, 0.717) is 12.6 Å². The molecule has 0 atom stereocenters.